The molecule has 0 saturated carbocycles. The molecule has 2 heterocycles. The highest BCUT2D eigenvalue weighted by Crippen LogP contribution is 2.27. The van der Waals surface area contributed by atoms with Crippen LogP contribution in [0.15, 0.2) is 42.5 Å². The number of benzene rings is 2. The normalized spacial score (nSPS) is 11.0. The molecule has 2 aromatic heterocycles. The Hall–Kier alpha value is -3.33. The molecule has 0 fully saturated rings. The van der Waals surface area contributed by atoms with Crippen molar-refractivity contribution >= 4 is 49.6 Å². The smallest absolute Gasteiger partial charge is 0.338 e. The number of amides is 1. The van der Waals surface area contributed by atoms with E-state index in [2.05, 4.69) is 20.6 Å². The number of carbonyl (C=O) groups is 2. The highest BCUT2D eigenvalue weighted by Gasteiger charge is 2.13. The lowest BCUT2D eigenvalue weighted by molar-refractivity contribution is -0.116. The van der Waals surface area contributed by atoms with E-state index >= 15 is 0 Å². The number of nitrogens with zero attached hydrogens (tertiary/aromatic N) is 4. The summed E-state index contributed by atoms with van der Waals surface area (Å²) in [5, 5.41) is 11.3. The number of esters is 1. The molecule has 1 N–H and O–H groups in total. The fourth-order valence-corrected chi connectivity index (χ4v) is 3.57. The summed E-state index contributed by atoms with van der Waals surface area (Å²) in [7, 11) is 0. The number of hydrogen-bond donors (Lipinski definition) is 1. The van der Waals surface area contributed by atoms with Crippen molar-refractivity contribution in [3.8, 4) is 0 Å². The molecule has 0 aliphatic rings. The molecule has 0 spiro atoms. The largest absolute Gasteiger partial charge is 0.462 e. The van der Waals surface area contributed by atoms with Gasteiger partial charge in [-0.3, -0.25) is 4.79 Å². The Bertz CT molecular complexity index is 1150. The lowest BCUT2D eigenvalue weighted by Gasteiger charge is -2.02. The van der Waals surface area contributed by atoms with Crippen LogP contribution in [0.4, 0.5) is 5.13 Å². The van der Waals surface area contributed by atoms with Gasteiger partial charge in [0.1, 0.15) is 12.1 Å². The third kappa shape index (κ3) is 3.49. The minimum Gasteiger partial charge on any atom is -0.462 e. The Kier molecular flexibility index (Phi) is 4.51. The number of nitrogens with one attached hydrogen (secondary N) is 1. The van der Waals surface area contributed by atoms with Crippen LogP contribution in [0, 0.1) is 0 Å². The summed E-state index contributed by atoms with van der Waals surface area (Å²) in [5.41, 5.74) is 2.68. The van der Waals surface area contributed by atoms with E-state index in [1.165, 1.54) is 16.0 Å². The van der Waals surface area contributed by atoms with Crippen LogP contribution in [0.1, 0.15) is 17.3 Å². The predicted molar refractivity (Wildman–Crippen MR) is 102 cm³/mol. The van der Waals surface area contributed by atoms with Crippen molar-refractivity contribution in [2.24, 2.45) is 0 Å². The van der Waals surface area contributed by atoms with E-state index in [0.717, 1.165) is 15.7 Å². The van der Waals surface area contributed by atoms with Crippen LogP contribution in [0.2, 0.25) is 0 Å². The van der Waals surface area contributed by atoms with Crippen molar-refractivity contribution in [1.29, 1.82) is 0 Å². The van der Waals surface area contributed by atoms with Gasteiger partial charge in [-0.2, -0.15) is 0 Å². The van der Waals surface area contributed by atoms with Gasteiger partial charge in [0, 0.05) is 0 Å². The number of ether oxygens (including phenoxy) is 1. The Balaban J connectivity index is 1.51. The Labute approximate surface area is 157 Å². The number of carbonyl (C=O) groups excluding carboxylic acids is 2. The highest BCUT2D eigenvalue weighted by atomic mass is 32.1. The molecule has 0 radical (unpaired) electrons. The average Bonchev–Trinajstić information content (AvgIpc) is 3.25. The van der Waals surface area contributed by atoms with Gasteiger partial charge >= 0.3 is 5.97 Å². The number of rotatable bonds is 5. The molecular formula is C18H15N5O3S. The zero-order chi connectivity index (χ0) is 18.8. The molecule has 0 atom stereocenters. The topological polar surface area (TPSA) is 99.0 Å². The molecule has 0 aliphatic heterocycles. The summed E-state index contributed by atoms with van der Waals surface area (Å²) in [6, 6.07) is 12.5. The number of thiazole rings is 1. The van der Waals surface area contributed by atoms with E-state index in [1.807, 2.05) is 24.3 Å². The monoisotopic (exact) mass is 381 g/mol. The highest BCUT2D eigenvalue weighted by molar-refractivity contribution is 7.22. The second-order valence-electron chi connectivity index (χ2n) is 5.71. The van der Waals surface area contributed by atoms with Crippen molar-refractivity contribution in [1.82, 2.24) is 20.0 Å². The maximum absolute atomic E-state index is 12.4. The van der Waals surface area contributed by atoms with Crippen molar-refractivity contribution in [3.63, 3.8) is 0 Å². The van der Waals surface area contributed by atoms with Crippen LogP contribution >= 0.6 is 11.3 Å². The van der Waals surface area contributed by atoms with Gasteiger partial charge in [-0.1, -0.05) is 28.7 Å². The van der Waals surface area contributed by atoms with Crippen LogP contribution in [0.3, 0.4) is 0 Å². The zero-order valence-corrected chi connectivity index (χ0v) is 15.2. The van der Waals surface area contributed by atoms with Gasteiger partial charge in [0.15, 0.2) is 5.13 Å². The van der Waals surface area contributed by atoms with E-state index in [1.54, 1.807) is 25.1 Å². The number of fused-ring (bicyclic) bond motifs is 2. The first-order chi connectivity index (χ1) is 13.1. The molecule has 2 aromatic carbocycles. The van der Waals surface area contributed by atoms with Gasteiger partial charge in [0.2, 0.25) is 5.91 Å². The predicted octanol–water partition coefficient (Wildman–Crippen LogP) is 2.86. The van der Waals surface area contributed by atoms with Gasteiger partial charge in [-0.05, 0) is 37.3 Å². The van der Waals surface area contributed by atoms with Crippen LogP contribution in [0.5, 0.6) is 0 Å². The van der Waals surface area contributed by atoms with Crippen molar-refractivity contribution < 1.29 is 14.3 Å². The summed E-state index contributed by atoms with van der Waals surface area (Å²) in [4.78, 5) is 28.6. The van der Waals surface area contributed by atoms with Crippen LogP contribution in [-0.4, -0.2) is 38.5 Å². The Morgan fingerprint density at radius 1 is 1.19 bits per heavy atom. The molecule has 4 rings (SSSR count). The summed E-state index contributed by atoms with van der Waals surface area (Å²) >= 11 is 1.30. The van der Waals surface area contributed by atoms with Crippen LogP contribution < -0.4 is 5.32 Å². The van der Waals surface area contributed by atoms with E-state index in [9.17, 15) is 9.59 Å². The first kappa shape index (κ1) is 17.1. The Morgan fingerprint density at radius 2 is 2.04 bits per heavy atom. The van der Waals surface area contributed by atoms with E-state index < -0.39 is 0 Å². The van der Waals surface area contributed by atoms with E-state index in [-0.39, 0.29) is 18.4 Å². The number of hydrogen-bond acceptors (Lipinski definition) is 7. The Morgan fingerprint density at radius 3 is 2.89 bits per heavy atom. The fourth-order valence-electron chi connectivity index (χ4n) is 2.65. The minimum absolute atomic E-state index is 0.0323. The van der Waals surface area contributed by atoms with Crippen molar-refractivity contribution in [3.05, 3.63) is 48.0 Å². The molecule has 0 aliphatic carbocycles. The standard InChI is InChI=1S/C18H15N5O3S/c1-2-26-17(25)11-7-8-13-15(9-11)27-18(19-13)20-16(24)10-23-14-6-4-3-5-12(14)21-22-23/h3-9H,2,10H2,1H3,(H,19,20,24). The SMILES string of the molecule is CCOC(=O)c1ccc2nc(NC(=O)Cn3nnc4ccccc43)sc2c1. The molecule has 0 bridgehead atoms. The number of para-hydroxylation sites is 1. The number of anilines is 1. The minimum atomic E-state index is -0.378. The second-order valence-corrected chi connectivity index (χ2v) is 6.74. The molecule has 1 amide bonds. The van der Waals surface area contributed by atoms with Crippen LogP contribution in [-0.2, 0) is 16.1 Å². The zero-order valence-electron chi connectivity index (χ0n) is 14.4. The molecule has 9 heteroatoms. The third-order valence-corrected chi connectivity index (χ3v) is 4.79. The number of aromatic nitrogens is 4. The molecule has 0 saturated heterocycles. The fraction of sp³-hybridized carbons (Fsp3) is 0.167. The van der Waals surface area contributed by atoms with Gasteiger partial charge in [-0.15, -0.1) is 5.10 Å². The molecular weight excluding hydrogens is 366 g/mol. The van der Waals surface area contributed by atoms with Crippen molar-refractivity contribution in [2.45, 2.75) is 13.5 Å². The summed E-state index contributed by atoms with van der Waals surface area (Å²) in [6.45, 7) is 2.11. The quantitative estimate of drug-likeness (QED) is 0.534. The van der Waals surface area contributed by atoms with Gasteiger partial charge in [0.25, 0.3) is 0 Å². The van der Waals surface area contributed by atoms with Gasteiger partial charge in [0.05, 0.1) is 27.9 Å². The lowest BCUT2D eigenvalue weighted by atomic mass is 10.2. The van der Waals surface area contributed by atoms with Crippen LogP contribution in [0.25, 0.3) is 21.3 Å². The molecule has 136 valence electrons. The van der Waals surface area contributed by atoms with E-state index in [0.29, 0.717) is 22.8 Å². The van der Waals surface area contributed by atoms with Crippen molar-refractivity contribution in [2.75, 3.05) is 11.9 Å². The summed E-state index contributed by atoms with van der Waals surface area (Å²) in [5.74, 6) is -0.633. The maximum atomic E-state index is 12.4. The summed E-state index contributed by atoms with van der Waals surface area (Å²) in [6.07, 6.45) is 0. The first-order valence-corrected chi connectivity index (χ1v) is 9.11. The molecule has 8 nitrogen and oxygen atoms in total. The molecule has 27 heavy (non-hydrogen) atoms. The molecule has 0 unspecified atom stereocenters. The average molecular weight is 381 g/mol. The molecule has 4 aromatic rings. The third-order valence-electron chi connectivity index (χ3n) is 3.86. The lowest BCUT2D eigenvalue weighted by Crippen LogP contribution is -2.19. The van der Waals surface area contributed by atoms with Gasteiger partial charge < -0.3 is 10.1 Å². The van der Waals surface area contributed by atoms with E-state index in [4.69, 9.17) is 4.74 Å². The summed E-state index contributed by atoms with van der Waals surface area (Å²) < 4.78 is 7.33. The second kappa shape index (κ2) is 7.12. The first-order valence-electron chi connectivity index (χ1n) is 8.30. The maximum Gasteiger partial charge on any atom is 0.338 e. The van der Waals surface area contributed by atoms with Gasteiger partial charge in [-0.25, -0.2) is 14.5 Å².